The summed E-state index contributed by atoms with van der Waals surface area (Å²) in [6.07, 6.45) is 8.19. The summed E-state index contributed by atoms with van der Waals surface area (Å²) in [4.78, 5) is 27.6. The number of methoxy groups -OCH3 is 1. The fourth-order valence-electron chi connectivity index (χ4n) is 7.58. The van der Waals surface area contributed by atoms with Crippen LogP contribution in [0.4, 0.5) is 5.69 Å². The number of fused-ring (bicyclic) bond motifs is 4. The van der Waals surface area contributed by atoms with Crippen molar-refractivity contribution in [3.8, 4) is 5.75 Å². The van der Waals surface area contributed by atoms with E-state index in [9.17, 15) is 23.1 Å². The lowest BCUT2D eigenvalue weighted by Gasteiger charge is -2.45. The molecule has 2 heterocycles. The molecule has 45 heavy (non-hydrogen) atoms. The number of halogens is 1. The standard InChI is InChI=1S/C34H41ClN2O7S/c1-43-32(39)15-11-26-6-2-3-7-30(38)27-12-8-24(27)19-37-20-34(16-4-5-22-17-25(35)10-13-28(22)34)21-44-31-14-9-23(18-29(31)37)33(40)36-45(26,41)42/h3,7,9-10,13-14,17-18,24,26-27,30,38H,2,4-6,8,11-12,15-16,19-21H2,1H3,(H,36,40)/b7-3-/t24-,26+,27+,30-,34-/m0/s1. The number of aliphatic hydroxyl groups is 1. The van der Waals surface area contributed by atoms with E-state index < -0.39 is 33.3 Å². The average Bonchev–Trinajstić information content (AvgIpc) is 3.14. The zero-order chi connectivity index (χ0) is 31.8. The number of carbonyl (C=O) groups is 2. The summed E-state index contributed by atoms with van der Waals surface area (Å²) >= 11 is 6.39. The second-order valence-corrected chi connectivity index (χ2v) is 15.4. The number of anilines is 1. The highest BCUT2D eigenvalue weighted by atomic mass is 35.5. The van der Waals surface area contributed by atoms with Crippen molar-refractivity contribution >= 4 is 39.2 Å². The first-order chi connectivity index (χ1) is 21.6. The lowest BCUT2D eigenvalue weighted by Crippen LogP contribution is -2.49. The van der Waals surface area contributed by atoms with E-state index in [1.165, 1.54) is 18.2 Å². The van der Waals surface area contributed by atoms with Gasteiger partial charge in [0, 0.05) is 35.5 Å². The van der Waals surface area contributed by atoms with Gasteiger partial charge in [-0.05, 0) is 105 Å². The predicted octanol–water partition coefficient (Wildman–Crippen LogP) is 4.93. The molecule has 2 aromatic rings. The maximum absolute atomic E-state index is 13.5. The molecule has 2 bridgehead atoms. The summed E-state index contributed by atoms with van der Waals surface area (Å²) < 4.78 is 40.4. The number of nitrogens with one attached hydrogen (secondary N) is 1. The summed E-state index contributed by atoms with van der Waals surface area (Å²) in [6, 6.07) is 11.2. The number of carbonyl (C=O) groups excluding carboxylic acids is 2. The molecule has 1 saturated carbocycles. The lowest BCUT2D eigenvalue weighted by atomic mass is 9.68. The number of ether oxygens (including phenoxy) is 2. The van der Waals surface area contributed by atoms with Gasteiger partial charge in [-0.25, -0.2) is 13.1 Å². The minimum Gasteiger partial charge on any atom is -0.490 e. The van der Waals surface area contributed by atoms with Gasteiger partial charge in [0.15, 0.2) is 0 Å². The molecule has 6 rings (SSSR count). The Labute approximate surface area is 270 Å². The van der Waals surface area contributed by atoms with Crippen LogP contribution in [0.3, 0.4) is 0 Å². The van der Waals surface area contributed by atoms with Crippen LogP contribution in [0.2, 0.25) is 5.02 Å². The zero-order valence-corrected chi connectivity index (χ0v) is 27.1. The molecule has 0 saturated heterocycles. The van der Waals surface area contributed by atoms with Gasteiger partial charge in [-0.2, -0.15) is 0 Å². The minimum atomic E-state index is -4.13. The van der Waals surface area contributed by atoms with Crippen LogP contribution < -0.4 is 14.4 Å². The number of aryl methyl sites for hydroxylation is 1. The number of amides is 1. The maximum atomic E-state index is 13.5. The molecule has 4 aliphatic rings. The highest BCUT2D eigenvalue weighted by Crippen LogP contribution is 2.46. The highest BCUT2D eigenvalue weighted by molar-refractivity contribution is 7.90. The number of rotatable bonds is 3. The molecule has 2 N–H and O–H groups in total. The Balaban J connectivity index is 1.38. The molecule has 5 atom stereocenters. The number of hydrogen-bond acceptors (Lipinski definition) is 8. The number of allylic oxidation sites excluding steroid dienone is 1. The molecule has 11 heteroatoms. The van der Waals surface area contributed by atoms with E-state index in [4.69, 9.17) is 21.1 Å². The normalized spacial score (nSPS) is 30.0. The van der Waals surface area contributed by atoms with E-state index in [1.807, 2.05) is 12.1 Å². The van der Waals surface area contributed by atoms with Crippen LogP contribution >= 0.6 is 11.6 Å². The SMILES string of the molecule is COC(=O)CC[C@H]1CC/C=C\[C@H](O)[C@@H]2CC[C@H]2CN2C[C@@]3(CCCc4cc(Cl)ccc43)COc3ccc(cc32)C(=O)NS1(=O)=O. The van der Waals surface area contributed by atoms with E-state index >= 15 is 0 Å². The van der Waals surface area contributed by atoms with Crippen LogP contribution in [0, 0.1) is 11.8 Å². The van der Waals surface area contributed by atoms with Gasteiger partial charge in [-0.3, -0.25) is 9.59 Å². The van der Waals surface area contributed by atoms with Crippen LogP contribution in [0.15, 0.2) is 48.6 Å². The van der Waals surface area contributed by atoms with E-state index in [0.717, 1.165) is 37.8 Å². The molecular formula is C34H41ClN2O7S. The Kier molecular flexibility index (Phi) is 9.19. The Morgan fingerprint density at radius 2 is 2.04 bits per heavy atom. The van der Waals surface area contributed by atoms with Crippen LogP contribution in [0.25, 0.3) is 0 Å². The monoisotopic (exact) mass is 656 g/mol. The number of esters is 1. The Hall–Kier alpha value is -3.08. The molecule has 2 aliphatic carbocycles. The Bertz CT molecular complexity index is 1590. The number of nitrogens with zero attached hydrogens (tertiary/aromatic N) is 1. The molecular weight excluding hydrogens is 616 g/mol. The first kappa shape index (κ1) is 31.9. The number of sulfonamides is 1. The Morgan fingerprint density at radius 1 is 1.20 bits per heavy atom. The third kappa shape index (κ3) is 6.60. The minimum absolute atomic E-state index is 0.0109. The molecule has 0 unspecified atom stereocenters. The van der Waals surface area contributed by atoms with Gasteiger partial charge in [0.2, 0.25) is 10.0 Å². The predicted molar refractivity (Wildman–Crippen MR) is 172 cm³/mol. The molecule has 1 amide bonds. The molecule has 0 aromatic heterocycles. The van der Waals surface area contributed by atoms with Crippen molar-refractivity contribution in [1.29, 1.82) is 0 Å². The van der Waals surface area contributed by atoms with Crippen molar-refractivity contribution in [2.45, 2.75) is 74.6 Å². The molecule has 242 valence electrons. The van der Waals surface area contributed by atoms with Gasteiger partial charge < -0.3 is 19.5 Å². The van der Waals surface area contributed by atoms with Crippen LogP contribution in [-0.2, 0) is 31.4 Å². The fourth-order valence-corrected chi connectivity index (χ4v) is 9.19. The molecule has 2 aliphatic heterocycles. The third-order valence-corrected chi connectivity index (χ3v) is 12.3. The van der Waals surface area contributed by atoms with Crippen molar-refractivity contribution in [1.82, 2.24) is 4.72 Å². The lowest BCUT2D eigenvalue weighted by molar-refractivity contribution is -0.140. The average molecular weight is 657 g/mol. The van der Waals surface area contributed by atoms with Gasteiger partial charge >= 0.3 is 5.97 Å². The summed E-state index contributed by atoms with van der Waals surface area (Å²) in [7, 11) is -2.88. The van der Waals surface area contributed by atoms with Crippen LogP contribution in [-0.4, -0.2) is 63.6 Å². The summed E-state index contributed by atoms with van der Waals surface area (Å²) in [5.41, 5.74) is 3.11. The summed E-state index contributed by atoms with van der Waals surface area (Å²) in [5.74, 6) is -0.296. The number of benzene rings is 2. The largest absolute Gasteiger partial charge is 0.490 e. The highest BCUT2D eigenvalue weighted by Gasteiger charge is 2.44. The van der Waals surface area contributed by atoms with Crippen molar-refractivity contribution < 1.29 is 32.6 Å². The molecule has 1 fully saturated rings. The quantitative estimate of drug-likeness (QED) is 0.352. The second kappa shape index (κ2) is 13.0. The van der Waals surface area contributed by atoms with Gasteiger partial charge in [-0.1, -0.05) is 29.8 Å². The first-order valence-corrected chi connectivity index (χ1v) is 17.8. The van der Waals surface area contributed by atoms with Gasteiger partial charge in [0.05, 0.1) is 30.8 Å². The summed E-state index contributed by atoms with van der Waals surface area (Å²) in [5, 5.41) is 10.9. The van der Waals surface area contributed by atoms with Crippen LogP contribution in [0.5, 0.6) is 5.75 Å². The second-order valence-electron chi connectivity index (χ2n) is 13.0. The third-order valence-electron chi connectivity index (χ3n) is 10.2. The number of hydrogen-bond donors (Lipinski definition) is 2. The molecule has 1 spiro atoms. The molecule has 9 nitrogen and oxygen atoms in total. The van der Waals surface area contributed by atoms with Crippen LogP contribution in [0.1, 0.15) is 72.9 Å². The van der Waals surface area contributed by atoms with Crippen molar-refractivity contribution in [3.63, 3.8) is 0 Å². The topological polar surface area (TPSA) is 122 Å². The first-order valence-electron chi connectivity index (χ1n) is 15.9. The van der Waals surface area contributed by atoms with Crippen molar-refractivity contribution in [3.05, 3.63) is 70.3 Å². The maximum Gasteiger partial charge on any atom is 0.305 e. The zero-order valence-electron chi connectivity index (χ0n) is 25.5. The molecule has 2 aromatic carbocycles. The van der Waals surface area contributed by atoms with Gasteiger partial charge in [0.1, 0.15) is 5.75 Å². The number of aliphatic hydroxyl groups excluding tert-OH is 1. The fraction of sp³-hybridized carbons (Fsp3) is 0.529. The van der Waals surface area contributed by atoms with E-state index in [2.05, 4.69) is 21.8 Å². The van der Waals surface area contributed by atoms with E-state index in [1.54, 1.807) is 24.3 Å². The summed E-state index contributed by atoms with van der Waals surface area (Å²) in [6.45, 7) is 1.80. The van der Waals surface area contributed by atoms with Gasteiger partial charge in [0.25, 0.3) is 5.91 Å². The smallest absolute Gasteiger partial charge is 0.305 e. The van der Waals surface area contributed by atoms with E-state index in [-0.39, 0.29) is 42.1 Å². The van der Waals surface area contributed by atoms with E-state index in [0.29, 0.717) is 36.9 Å². The Morgan fingerprint density at radius 3 is 2.82 bits per heavy atom. The van der Waals surface area contributed by atoms with Crippen molar-refractivity contribution in [2.24, 2.45) is 11.8 Å². The van der Waals surface area contributed by atoms with Crippen molar-refractivity contribution in [2.75, 3.05) is 31.7 Å². The molecule has 0 radical (unpaired) electrons. The van der Waals surface area contributed by atoms with Gasteiger partial charge in [-0.15, -0.1) is 0 Å².